The van der Waals surface area contributed by atoms with Gasteiger partial charge in [-0.1, -0.05) is 223 Å². The molecule has 0 amide bonds. The molecule has 0 spiro atoms. The quantitative estimate of drug-likeness (QED) is 0.237. The molecular weight excluding hydrogens is 665 g/mol. The van der Waals surface area contributed by atoms with Crippen LogP contribution in [-0.2, 0) is 0 Å². The molecule has 0 saturated heterocycles. The van der Waals surface area contributed by atoms with Crippen molar-refractivity contribution in [1.82, 2.24) is 0 Å². The zero-order chi connectivity index (χ0) is 38.6. The van der Waals surface area contributed by atoms with Gasteiger partial charge in [0.15, 0.2) is 0 Å². The monoisotopic (exact) mass is 758 g/mol. The van der Waals surface area contributed by atoms with Gasteiger partial charge in [0.2, 0.25) is 0 Å². The minimum absolute atomic E-state index is 0.337. The predicted molar refractivity (Wildman–Crippen MR) is 239 cm³/mol. The Hall–Kier alpha value is 1.52. The van der Waals surface area contributed by atoms with E-state index in [0.29, 0.717) is 40.3 Å². The van der Waals surface area contributed by atoms with Gasteiger partial charge in [-0.3, -0.25) is 7.35 Å². The summed E-state index contributed by atoms with van der Waals surface area (Å²) in [7, 11) is -10.9. The summed E-state index contributed by atoms with van der Waals surface area (Å²) in [6, 6.07) is 0. The van der Waals surface area contributed by atoms with Crippen molar-refractivity contribution in [3.05, 3.63) is 0 Å². The van der Waals surface area contributed by atoms with Crippen molar-refractivity contribution >= 4 is 51.5 Å². The first-order chi connectivity index (χ1) is 19.1. The maximum atomic E-state index is 3.24. The van der Waals surface area contributed by atoms with E-state index in [0.717, 1.165) is 0 Å². The third kappa shape index (κ3) is 6.42. The lowest BCUT2D eigenvalue weighted by Crippen LogP contribution is -2.99. The molecule has 0 bridgehead atoms. The molecule has 0 N–H and O–H groups in total. The van der Waals surface area contributed by atoms with Crippen LogP contribution in [0.3, 0.4) is 0 Å². The summed E-state index contributed by atoms with van der Waals surface area (Å²) in [5.41, 5.74) is 0. The average Bonchev–Trinajstić information content (AvgIpc) is 2.70. The second-order valence-corrected chi connectivity index (χ2v) is 96.4. The Morgan fingerprint density at radius 1 is 0.261 bits per heavy atom. The van der Waals surface area contributed by atoms with Crippen LogP contribution in [-0.4, -0.2) is 51.5 Å². The Morgan fingerprint density at radius 3 is 0.565 bits per heavy atom. The van der Waals surface area contributed by atoms with Crippen molar-refractivity contribution in [3.8, 4) is 0 Å². The van der Waals surface area contributed by atoms with Gasteiger partial charge >= 0.3 is 0 Å². The highest BCUT2D eigenvalue weighted by atomic mass is 30.2. The second-order valence-electron chi connectivity index (χ2n) is 25.6. The predicted octanol–water partition coefficient (Wildman–Crippen LogP) is 15.5. The second kappa shape index (κ2) is 12.3. The molecule has 0 fully saturated rings. The highest BCUT2D eigenvalue weighted by molar-refractivity contribution is 8.09. The number of hydrogen-bond donors (Lipinski definition) is 0. The van der Waals surface area contributed by atoms with E-state index in [1.165, 1.54) is 0 Å². The molecule has 0 atom stereocenters. The van der Waals surface area contributed by atoms with Gasteiger partial charge in [0.1, 0.15) is 0 Å². The standard InChI is InChI=1S/C39H93Si7/c1-32(2,3)42(27,33(4,5)6)40(41(25,26)43(28,34(7,8)9)35(10,11)12)46(31,44(29,36(13,14)15)37(16,17)18)45(30,38(19,20)21)39(22,23)24/h1-31H3/q-1. The molecule has 0 nitrogen and oxygen atoms in total. The Labute approximate surface area is 302 Å². The van der Waals surface area contributed by atoms with E-state index >= 15 is 0 Å². The Bertz CT molecular complexity index is 965. The highest BCUT2D eigenvalue weighted by Crippen LogP contribution is 2.70. The zero-order valence-electron chi connectivity index (χ0n) is 38.5. The van der Waals surface area contributed by atoms with E-state index in [-0.39, 0.29) is 0 Å². The minimum atomic E-state index is -2.15. The fourth-order valence-corrected chi connectivity index (χ4v) is 284. The van der Waals surface area contributed by atoms with Gasteiger partial charge in [-0.2, -0.15) is 0 Å². The Morgan fingerprint density at radius 2 is 0.435 bits per heavy atom. The molecule has 0 aliphatic carbocycles. The molecule has 0 aromatic rings. The lowest BCUT2D eigenvalue weighted by molar-refractivity contribution is 0.623. The van der Waals surface area contributed by atoms with Crippen molar-refractivity contribution in [2.45, 2.75) is 252 Å². The lowest BCUT2D eigenvalue weighted by Gasteiger charge is -2.86. The molecule has 0 rings (SSSR count). The van der Waals surface area contributed by atoms with Gasteiger partial charge in [0, 0.05) is 22.8 Å². The van der Waals surface area contributed by atoms with Crippen LogP contribution in [0.4, 0.5) is 0 Å². The SMILES string of the molecule is CC(C)(C)[Si](C)([Si-]([Si](C)(C)[Si](C)(C(C)(C)C)C(C)(C)C)[Si](C)([Si](C)(C(C)(C)C)C(C)(C)C)[Si](C)(C(C)(C)C)C(C)(C)C)C(C)(C)C. The molecule has 7 heteroatoms. The van der Waals surface area contributed by atoms with Gasteiger partial charge in [-0.25, -0.2) is 0 Å². The summed E-state index contributed by atoms with van der Waals surface area (Å²) < 4.78 is 0. The first-order valence-corrected chi connectivity index (χ1v) is 42.0. The van der Waals surface area contributed by atoms with Crippen molar-refractivity contribution in [2.24, 2.45) is 0 Å². The molecule has 0 heterocycles. The van der Waals surface area contributed by atoms with E-state index in [4.69, 9.17) is 0 Å². The molecule has 0 aromatic heterocycles. The maximum absolute atomic E-state index is 3.24. The maximum Gasteiger partial charge on any atom is 0.0220 e. The minimum Gasteiger partial charge on any atom is -0.256 e. The smallest absolute Gasteiger partial charge is 0.0220 e. The van der Waals surface area contributed by atoms with Gasteiger partial charge in [-0.05, 0) is 30.2 Å². The van der Waals surface area contributed by atoms with Gasteiger partial charge < -0.3 is 0 Å². The summed E-state index contributed by atoms with van der Waals surface area (Å²) >= 11 is 0. The lowest BCUT2D eigenvalue weighted by atomic mass is 10.2. The zero-order valence-corrected chi connectivity index (χ0v) is 45.5. The van der Waals surface area contributed by atoms with Crippen LogP contribution in [0.1, 0.15) is 166 Å². The van der Waals surface area contributed by atoms with E-state index in [1.54, 1.807) is 0 Å². The first-order valence-electron chi connectivity index (χ1n) is 19.0. The van der Waals surface area contributed by atoms with Crippen LogP contribution in [0.15, 0.2) is 0 Å². The van der Waals surface area contributed by atoms with Crippen LogP contribution in [0.25, 0.3) is 0 Å². The topological polar surface area (TPSA) is 0 Å². The molecule has 46 heavy (non-hydrogen) atoms. The molecule has 0 saturated carbocycles. The summed E-state index contributed by atoms with van der Waals surface area (Å²) in [5.74, 6) is 0. The van der Waals surface area contributed by atoms with Crippen molar-refractivity contribution in [2.75, 3.05) is 0 Å². The van der Waals surface area contributed by atoms with Crippen molar-refractivity contribution in [1.29, 1.82) is 0 Å². The fourth-order valence-electron chi connectivity index (χ4n) is 13.1. The fraction of sp³-hybridized carbons (Fsp3) is 1.00. The normalized spacial score (nSPS) is 17.2. The van der Waals surface area contributed by atoms with E-state index in [1.807, 2.05) is 0 Å². The van der Waals surface area contributed by atoms with Crippen LogP contribution >= 0.6 is 0 Å². The number of hydrogen-bond acceptors (Lipinski definition) is 0. The Kier molecular flexibility index (Phi) is 12.7. The molecule has 0 aromatic carbocycles. The van der Waals surface area contributed by atoms with Crippen LogP contribution in [0.2, 0.25) is 86.1 Å². The average molecular weight is 759 g/mol. The van der Waals surface area contributed by atoms with Crippen LogP contribution in [0.5, 0.6) is 0 Å². The third-order valence-electron chi connectivity index (χ3n) is 16.9. The van der Waals surface area contributed by atoms with Gasteiger partial charge in [0.05, 0.1) is 0 Å². The van der Waals surface area contributed by atoms with Gasteiger partial charge in [-0.15, -0.1) is 20.3 Å². The molecule has 0 aliphatic rings. The van der Waals surface area contributed by atoms with Gasteiger partial charge in [0.25, 0.3) is 0 Å². The van der Waals surface area contributed by atoms with Crippen molar-refractivity contribution in [3.63, 3.8) is 0 Å². The summed E-state index contributed by atoms with van der Waals surface area (Å²) in [6.45, 7) is 85.2. The molecule has 278 valence electrons. The molecular formula is C39H93Si7-. The molecule has 0 unspecified atom stereocenters. The van der Waals surface area contributed by atoms with E-state index in [2.05, 4.69) is 212 Å². The summed E-state index contributed by atoms with van der Waals surface area (Å²) in [4.78, 5) is 0. The third-order valence-corrected chi connectivity index (χ3v) is 170. The van der Waals surface area contributed by atoms with Crippen molar-refractivity contribution < 1.29 is 0 Å². The van der Waals surface area contributed by atoms with Crippen LogP contribution in [0, 0.1) is 0 Å². The molecule has 0 aliphatic heterocycles. The van der Waals surface area contributed by atoms with Crippen LogP contribution < -0.4 is 0 Å². The summed E-state index contributed by atoms with van der Waals surface area (Å²) in [6.07, 6.45) is 0. The summed E-state index contributed by atoms with van der Waals surface area (Å²) in [5, 5.41) is 2.76. The Balaban J connectivity index is 10.2. The number of rotatable bonds is 6. The highest BCUT2D eigenvalue weighted by Gasteiger charge is 2.74. The van der Waals surface area contributed by atoms with E-state index < -0.39 is 51.5 Å². The molecule has 0 radical (unpaired) electrons. The van der Waals surface area contributed by atoms with E-state index in [9.17, 15) is 0 Å². The largest absolute Gasteiger partial charge is 0.256 e. The first kappa shape index (κ1) is 47.5.